The van der Waals surface area contributed by atoms with Crippen LogP contribution >= 0.6 is 0 Å². The van der Waals surface area contributed by atoms with Gasteiger partial charge in [-0.1, -0.05) is 0 Å². The Bertz CT molecular complexity index is 634. The van der Waals surface area contributed by atoms with E-state index in [-0.39, 0.29) is 11.9 Å². The quantitative estimate of drug-likeness (QED) is 0.878. The van der Waals surface area contributed by atoms with Crippen LogP contribution in [0.15, 0.2) is 18.2 Å². The Balaban J connectivity index is 1.53. The largest absolute Gasteiger partial charge is 0.497 e. The number of nitrogens with one attached hydrogen (secondary N) is 1. The van der Waals surface area contributed by atoms with Gasteiger partial charge in [-0.2, -0.15) is 0 Å². The molecule has 4 fully saturated rings. The molecule has 1 amide bonds. The van der Waals surface area contributed by atoms with E-state index in [1.54, 1.807) is 26.4 Å². The van der Waals surface area contributed by atoms with Gasteiger partial charge in [0.25, 0.3) is 5.91 Å². The number of amides is 1. The van der Waals surface area contributed by atoms with E-state index in [9.17, 15) is 4.79 Å². The number of methoxy groups -OCH3 is 2. The summed E-state index contributed by atoms with van der Waals surface area (Å²) in [5.74, 6) is 3.87. The van der Waals surface area contributed by atoms with Crippen LogP contribution in [0.25, 0.3) is 0 Å². The molecular formula is C21H29NO3. The molecule has 0 radical (unpaired) electrons. The van der Waals surface area contributed by atoms with Crippen molar-refractivity contribution in [3.8, 4) is 11.5 Å². The highest BCUT2D eigenvalue weighted by Gasteiger charge is 2.53. The van der Waals surface area contributed by atoms with Crippen molar-refractivity contribution in [2.75, 3.05) is 14.2 Å². The fourth-order valence-electron chi connectivity index (χ4n) is 6.13. The minimum Gasteiger partial charge on any atom is -0.497 e. The SMILES string of the molecule is COc1ccc(OC)c(C(=O)NC(C)C23CC4CC(CC(C4)C2)C3)c1. The lowest BCUT2D eigenvalue weighted by atomic mass is 9.48. The molecule has 0 spiro atoms. The average Bonchev–Trinajstić information content (AvgIpc) is 2.59. The monoisotopic (exact) mass is 343 g/mol. The predicted octanol–water partition coefficient (Wildman–Crippen LogP) is 4.04. The fourth-order valence-corrected chi connectivity index (χ4v) is 6.13. The van der Waals surface area contributed by atoms with Crippen LogP contribution in [0.5, 0.6) is 11.5 Å². The van der Waals surface area contributed by atoms with E-state index in [2.05, 4.69) is 12.2 Å². The molecular weight excluding hydrogens is 314 g/mol. The summed E-state index contributed by atoms with van der Waals surface area (Å²) in [6.07, 6.45) is 8.12. The van der Waals surface area contributed by atoms with E-state index in [1.165, 1.54) is 38.5 Å². The number of benzene rings is 1. The maximum absolute atomic E-state index is 12.9. The van der Waals surface area contributed by atoms with Gasteiger partial charge in [0.2, 0.25) is 0 Å². The second-order valence-electron chi connectivity index (χ2n) is 8.54. The highest BCUT2D eigenvalue weighted by Crippen LogP contribution is 2.61. The van der Waals surface area contributed by atoms with Gasteiger partial charge >= 0.3 is 0 Å². The van der Waals surface area contributed by atoms with Crippen molar-refractivity contribution in [1.29, 1.82) is 0 Å². The summed E-state index contributed by atoms with van der Waals surface area (Å²) in [7, 11) is 3.21. The number of carbonyl (C=O) groups is 1. The third-order valence-corrected chi connectivity index (χ3v) is 7.00. The molecule has 1 atom stereocenters. The zero-order valence-corrected chi connectivity index (χ0v) is 15.5. The third-order valence-electron chi connectivity index (χ3n) is 7.00. The first-order valence-electron chi connectivity index (χ1n) is 9.56. The van der Waals surface area contributed by atoms with Crippen LogP contribution in [-0.2, 0) is 0 Å². The van der Waals surface area contributed by atoms with Crippen molar-refractivity contribution in [3.63, 3.8) is 0 Å². The molecule has 4 saturated carbocycles. The highest BCUT2D eigenvalue weighted by molar-refractivity contribution is 5.97. The molecule has 4 bridgehead atoms. The van der Waals surface area contributed by atoms with Gasteiger partial charge in [-0.3, -0.25) is 4.79 Å². The number of rotatable bonds is 5. The molecule has 5 rings (SSSR count). The maximum Gasteiger partial charge on any atom is 0.255 e. The Hall–Kier alpha value is -1.71. The first kappa shape index (κ1) is 16.7. The van der Waals surface area contributed by atoms with Gasteiger partial charge in [0.1, 0.15) is 11.5 Å². The Labute approximate surface area is 150 Å². The molecule has 0 aromatic heterocycles. The van der Waals surface area contributed by atoms with Crippen LogP contribution in [0.3, 0.4) is 0 Å². The minimum atomic E-state index is -0.0565. The molecule has 0 saturated heterocycles. The lowest BCUT2D eigenvalue weighted by molar-refractivity contribution is -0.0688. The van der Waals surface area contributed by atoms with Gasteiger partial charge in [0.15, 0.2) is 0 Å². The predicted molar refractivity (Wildman–Crippen MR) is 97.1 cm³/mol. The lowest BCUT2D eigenvalue weighted by Crippen LogP contribution is -2.55. The van der Waals surface area contributed by atoms with Crippen molar-refractivity contribution in [1.82, 2.24) is 5.32 Å². The summed E-state index contributed by atoms with van der Waals surface area (Å²) in [5.41, 5.74) is 0.856. The summed E-state index contributed by atoms with van der Waals surface area (Å²) >= 11 is 0. The molecule has 1 N–H and O–H groups in total. The molecule has 4 nitrogen and oxygen atoms in total. The molecule has 1 unspecified atom stereocenters. The van der Waals surface area contributed by atoms with Crippen LogP contribution < -0.4 is 14.8 Å². The second kappa shape index (κ2) is 6.22. The lowest BCUT2D eigenvalue weighted by Gasteiger charge is -2.59. The normalized spacial score (nSPS) is 33.8. The van der Waals surface area contributed by atoms with E-state index in [0.717, 1.165) is 17.8 Å². The Kier molecular flexibility index (Phi) is 4.17. The molecule has 0 aliphatic heterocycles. The summed E-state index contributed by atoms with van der Waals surface area (Å²) in [6, 6.07) is 5.58. The molecule has 4 aliphatic rings. The zero-order valence-electron chi connectivity index (χ0n) is 15.5. The van der Waals surface area contributed by atoms with E-state index < -0.39 is 0 Å². The number of carbonyl (C=O) groups excluding carboxylic acids is 1. The van der Waals surface area contributed by atoms with Crippen LogP contribution in [0.4, 0.5) is 0 Å². The molecule has 25 heavy (non-hydrogen) atoms. The van der Waals surface area contributed by atoms with Crippen molar-refractivity contribution in [2.24, 2.45) is 23.2 Å². The van der Waals surface area contributed by atoms with Crippen LogP contribution in [0.1, 0.15) is 55.8 Å². The van der Waals surface area contributed by atoms with Crippen LogP contribution in [-0.4, -0.2) is 26.2 Å². The molecule has 4 aliphatic carbocycles. The van der Waals surface area contributed by atoms with Gasteiger partial charge in [-0.05, 0) is 86.8 Å². The van der Waals surface area contributed by atoms with Gasteiger partial charge in [0.05, 0.1) is 19.8 Å². The molecule has 0 heterocycles. The first-order chi connectivity index (χ1) is 12.0. The standard InChI is InChI=1S/C21H29NO3/c1-13(21-10-14-6-15(11-21)8-16(7-14)12-21)22-20(23)18-9-17(24-2)4-5-19(18)25-3/h4-5,9,13-16H,6-8,10-12H2,1-3H3,(H,22,23). The van der Waals surface area contributed by atoms with Crippen molar-refractivity contribution in [3.05, 3.63) is 23.8 Å². The molecule has 4 heteroatoms. The first-order valence-corrected chi connectivity index (χ1v) is 9.56. The van der Waals surface area contributed by atoms with Gasteiger partial charge in [0, 0.05) is 6.04 Å². The van der Waals surface area contributed by atoms with E-state index >= 15 is 0 Å². The fraction of sp³-hybridized carbons (Fsp3) is 0.667. The second-order valence-corrected chi connectivity index (χ2v) is 8.54. The zero-order chi connectivity index (χ0) is 17.6. The maximum atomic E-state index is 12.9. The van der Waals surface area contributed by atoms with Gasteiger partial charge in [-0.25, -0.2) is 0 Å². The average molecular weight is 343 g/mol. The van der Waals surface area contributed by atoms with Crippen molar-refractivity contribution < 1.29 is 14.3 Å². The summed E-state index contributed by atoms with van der Waals surface area (Å²) < 4.78 is 10.7. The Morgan fingerprint density at radius 2 is 1.68 bits per heavy atom. The minimum absolute atomic E-state index is 0.0565. The Morgan fingerprint density at radius 1 is 1.08 bits per heavy atom. The topological polar surface area (TPSA) is 47.6 Å². The van der Waals surface area contributed by atoms with Crippen LogP contribution in [0, 0.1) is 23.2 Å². The van der Waals surface area contributed by atoms with Crippen molar-refractivity contribution in [2.45, 2.75) is 51.5 Å². The molecule has 1 aromatic carbocycles. The molecule has 136 valence electrons. The summed E-state index contributed by atoms with van der Waals surface area (Å²) in [5, 5.41) is 3.30. The van der Waals surface area contributed by atoms with Gasteiger partial charge < -0.3 is 14.8 Å². The van der Waals surface area contributed by atoms with Gasteiger partial charge in [-0.15, -0.1) is 0 Å². The summed E-state index contributed by atoms with van der Waals surface area (Å²) in [4.78, 5) is 12.9. The third kappa shape index (κ3) is 2.90. The molecule has 1 aromatic rings. The smallest absolute Gasteiger partial charge is 0.255 e. The van der Waals surface area contributed by atoms with Crippen LogP contribution in [0.2, 0.25) is 0 Å². The van der Waals surface area contributed by atoms with E-state index in [4.69, 9.17) is 9.47 Å². The van der Waals surface area contributed by atoms with Crippen molar-refractivity contribution >= 4 is 5.91 Å². The summed E-state index contributed by atoms with van der Waals surface area (Å²) in [6.45, 7) is 2.21. The van der Waals surface area contributed by atoms with E-state index in [1.807, 2.05) is 6.07 Å². The number of hydrogen-bond acceptors (Lipinski definition) is 3. The number of hydrogen-bond donors (Lipinski definition) is 1. The highest BCUT2D eigenvalue weighted by atomic mass is 16.5. The number of ether oxygens (including phenoxy) is 2. The van der Waals surface area contributed by atoms with E-state index in [0.29, 0.717) is 22.5 Å². The Morgan fingerprint density at radius 3 is 2.20 bits per heavy atom.